The number of para-hydroxylation sites is 1. The largest absolute Gasteiger partial charge is 0.479 e. The van der Waals surface area contributed by atoms with E-state index in [1.807, 2.05) is 37.3 Å². The van der Waals surface area contributed by atoms with Crippen LogP contribution in [0.1, 0.15) is 52.4 Å². The molecule has 1 fully saturated rings. The van der Waals surface area contributed by atoms with Crippen molar-refractivity contribution in [3.63, 3.8) is 0 Å². The number of rotatable bonds is 8. The van der Waals surface area contributed by atoms with Gasteiger partial charge in [0.1, 0.15) is 18.0 Å². The molecule has 7 heteroatoms. The van der Waals surface area contributed by atoms with Crippen molar-refractivity contribution < 1.29 is 34.0 Å². The van der Waals surface area contributed by atoms with Crippen molar-refractivity contribution in [1.29, 1.82) is 0 Å². The summed E-state index contributed by atoms with van der Waals surface area (Å²) in [5.41, 5.74) is 0.974. The van der Waals surface area contributed by atoms with Gasteiger partial charge < -0.3 is 24.4 Å². The van der Waals surface area contributed by atoms with Crippen molar-refractivity contribution in [1.82, 2.24) is 0 Å². The van der Waals surface area contributed by atoms with E-state index < -0.39 is 30.4 Å². The molecule has 1 aliphatic heterocycles. The van der Waals surface area contributed by atoms with E-state index in [1.54, 1.807) is 12.1 Å². The Morgan fingerprint density at radius 3 is 2.66 bits per heavy atom. The first kappa shape index (κ1) is 25.5. The Kier molecular flexibility index (Phi) is 8.29. The first-order chi connectivity index (χ1) is 16.8. The van der Waals surface area contributed by atoms with Crippen LogP contribution >= 0.6 is 0 Å². The van der Waals surface area contributed by atoms with Crippen LogP contribution in [0.15, 0.2) is 54.1 Å². The van der Waals surface area contributed by atoms with Gasteiger partial charge in [-0.2, -0.15) is 0 Å². The molecule has 7 nitrogen and oxygen atoms in total. The lowest BCUT2D eigenvalue weighted by Crippen LogP contribution is -2.44. The Balaban J connectivity index is 1.47. The molecule has 3 aliphatic rings. The zero-order chi connectivity index (χ0) is 24.9. The fourth-order valence-electron chi connectivity index (χ4n) is 5.59. The summed E-state index contributed by atoms with van der Waals surface area (Å²) in [7, 11) is 0. The van der Waals surface area contributed by atoms with E-state index in [0.717, 1.165) is 12.0 Å². The summed E-state index contributed by atoms with van der Waals surface area (Å²) >= 11 is 0. The van der Waals surface area contributed by atoms with Crippen molar-refractivity contribution in [2.45, 2.75) is 82.9 Å². The molecule has 0 amide bonds. The van der Waals surface area contributed by atoms with E-state index in [2.05, 4.69) is 13.0 Å². The number of aliphatic hydroxyl groups is 2. The highest BCUT2D eigenvalue weighted by Gasteiger charge is 2.43. The molecule has 1 aromatic carbocycles. The molecule has 2 aliphatic carbocycles. The molecule has 0 aromatic heterocycles. The van der Waals surface area contributed by atoms with E-state index >= 15 is 0 Å². The number of carbonyl (C=O) groups is 2. The van der Waals surface area contributed by atoms with Gasteiger partial charge in [-0.25, -0.2) is 4.79 Å². The lowest BCUT2D eigenvalue weighted by molar-refractivity contribution is -0.165. The molecule has 0 radical (unpaired) electrons. The highest BCUT2D eigenvalue weighted by atomic mass is 16.6. The average Bonchev–Trinajstić information content (AvgIpc) is 2.82. The van der Waals surface area contributed by atoms with E-state index in [1.165, 1.54) is 0 Å². The fourth-order valence-corrected chi connectivity index (χ4v) is 5.59. The van der Waals surface area contributed by atoms with Gasteiger partial charge in [-0.3, -0.25) is 4.79 Å². The molecular formula is C28H36O7. The minimum atomic E-state index is -0.734. The molecule has 35 heavy (non-hydrogen) atoms. The maximum atomic E-state index is 13.1. The summed E-state index contributed by atoms with van der Waals surface area (Å²) in [6.07, 6.45) is 5.80. The monoisotopic (exact) mass is 484 g/mol. The van der Waals surface area contributed by atoms with Gasteiger partial charge in [0, 0.05) is 18.8 Å². The summed E-state index contributed by atoms with van der Waals surface area (Å²) < 4.78 is 17.4. The highest BCUT2D eigenvalue weighted by molar-refractivity contribution is 5.75. The van der Waals surface area contributed by atoms with Crippen LogP contribution in [0, 0.1) is 17.8 Å². The Morgan fingerprint density at radius 1 is 1.17 bits per heavy atom. The second-order valence-corrected chi connectivity index (χ2v) is 9.96. The minimum Gasteiger partial charge on any atom is -0.479 e. The number of carbonyl (C=O) groups excluding carboxylic acids is 2. The first-order valence-corrected chi connectivity index (χ1v) is 12.7. The average molecular weight is 485 g/mol. The Labute approximate surface area is 206 Å². The maximum absolute atomic E-state index is 13.1. The van der Waals surface area contributed by atoms with Crippen LogP contribution in [-0.2, 0) is 19.1 Å². The summed E-state index contributed by atoms with van der Waals surface area (Å²) in [4.78, 5) is 24.9. The minimum absolute atomic E-state index is 0.0497. The van der Waals surface area contributed by atoms with Crippen LogP contribution in [-0.4, -0.2) is 52.7 Å². The number of hydrogen-bond donors (Lipinski definition) is 2. The molecule has 2 N–H and O–H groups in total. The molecule has 0 bridgehead atoms. The Morgan fingerprint density at radius 2 is 1.94 bits per heavy atom. The number of hydrogen-bond acceptors (Lipinski definition) is 7. The first-order valence-electron chi connectivity index (χ1n) is 12.7. The van der Waals surface area contributed by atoms with E-state index in [0.29, 0.717) is 31.4 Å². The number of esters is 2. The normalized spacial score (nSPS) is 33.2. The molecule has 0 spiro atoms. The number of benzene rings is 1. The Hall–Kier alpha value is -2.64. The fraction of sp³-hybridized carbons (Fsp3) is 0.571. The molecule has 1 aromatic rings. The van der Waals surface area contributed by atoms with Crippen LogP contribution in [0.4, 0.5) is 0 Å². The van der Waals surface area contributed by atoms with Gasteiger partial charge >= 0.3 is 11.9 Å². The van der Waals surface area contributed by atoms with E-state index in [9.17, 15) is 19.8 Å². The number of ether oxygens (including phenoxy) is 3. The van der Waals surface area contributed by atoms with Crippen molar-refractivity contribution in [3.05, 3.63) is 54.1 Å². The van der Waals surface area contributed by atoms with Crippen molar-refractivity contribution >= 4 is 11.9 Å². The second-order valence-electron chi connectivity index (χ2n) is 9.96. The molecule has 190 valence electrons. The molecule has 0 saturated carbocycles. The Bertz CT molecular complexity index is 940. The van der Waals surface area contributed by atoms with Gasteiger partial charge in [0.2, 0.25) is 0 Å². The van der Waals surface area contributed by atoms with Crippen LogP contribution < -0.4 is 4.74 Å². The van der Waals surface area contributed by atoms with E-state index in [4.69, 9.17) is 14.2 Å². The van der Waals surface area contributed by atoms with Gasteiger partial charge in [-0.15, -0.1) is 0 Å². The van der Waals surface area contributed by atoms with Crippen molar-refractivity contribution in [2.75, 3.05) is 0 Å². The zero-order valence-electron chi connectivity index (χ0n) is 20.4. The van der Waals surface area contributed by atoms with Gasteiger partial charge in [-0.05, 0) is 48.8 Å². The summed E-state index contributed by atoms with van der Waals surface area (Å²) in [6.45, 7) is 4.01. The maximum Gasteiger partial charge on any atom is 0.347 e. The topological polar surface area (TPSA) is 102 Å². The lowest BCUT2D eigenvalue weighted by Gasteiger charge is -2.43. The predicted octanol–water partition coefficient (Wildman–Crippen LogP) is 3.73. The van der Waals surface area contributed by atoms with Crippen LogP contribution in [0.5, 0.6) is 5.75 Å². The summed E-state index contributed by atoms with van der Waals surface area (Å²) in [5.74, 6) is 0.116. The lowest BCUT2D eigenvalue weighted by atomic mass is 9.66. The van der Waals surface area contributed by atoms with Crippen LogP contribution in [0.2, 0.25) is 0 Å². The SMILES string of the molecule is CCC(Oc1ccccc1)C(=O)O[C@H]1C[C@H](O)C=C2C=C[C@H](C)[C@H](CC[C@@H]3C[C@@H](O)CC(=O)O3)[C@H]21. The molecule has 4 rings (SSSR count). The number of aliphatic hydroxyl groups excluding tert-OH is 2. The zero-order valence-corrected chi connectivity index (χ0v) is 20.4. The standard InChI is InChI=1S/C28H36O7/c1-3-24(33-21-7-5-4-6-8-21)28(32)35-25-15-19(29)13-18-10-9-17(2)23(27(18)25)12-11-22-14-20(30)16-26(31)34-22/h4-10,13,17,19-20,22-25,27,29-30H,3,11-12,14-16H2,1-2H3/t17-,19+,20+,22+,23-,24?,25-,27-/m0/s1. The van der Waals surface area contributed by atoms with Gasteiger partial charge in [0.05, 0.1) is 18.6 Å². The second kappa shape index (κ2) is 11.4. The molecule has 1 heterocycles. The smallest absolute Gasteiger partial charge is 0.347 e. The molecule has 1 unspecified atom stereocenters. The van der Waals surface area contributed by atoms with Gasteiger partial charge in [0.25, 0.3) is 0 Å². The molecule has 1 saturated heterocycles. The summed E-state index contributed by atoms with van der Waals surface area (Å²) in [5, 5.41) is 20.4. The molecular weight excluding hydrogens is 448 g/mol. The number of cyclic esters (lactones) is 1. The molecule has 8 atom stereocenters. The van der Waals surface area contributed by atoms with Crippen LogP contribution in [0.25, 0.3) is 0 Å². The highest BCUT2D eigenvalue weighted by Crippen LogP contribution is 2.44. The number of fused-ring (bicyclic) bond motifs is 1. The predicted molar refractivity (Wildman–Crippen MR) is 129 cm³/mol. The number of allylic oxidation sites excluding steroid dienone is 2. The van der Waals surface area contributed by atoms with E-state index in [-0.39, 0.29) is 36.2 Å². The van der Waals surface area contributed by atoms with Crippen molar-refractivity contribution in [3.8, 4) is 5.75 Å². The van der Waals surface area contributed by atoms with Gasteiger partial charge in [0.15, 0.2) is 6.10 Å². The third-order valence-corrected chi connectivity index (χ3v) is 7.35. The van der Waals surface area contributed by atoms with Gasteiger partial charge in [-0.1, -0.05) is 50.3 Å². The third-order valence-electron chi connectivity index (χ3n) is 7.35. The quantitative estimate of drug-likeness (QED) is 0.542. The van der Waals surface area contributed by atoms with Crippen molar-refractivity contribution in [2.24, 2.45) is 17.8 Å². The summed E-state index contributed by atoms with van der Waals surface area (Å²) in [6, 6.07) is 9.20. The van der Waals surface area contributed by atoms with Crippen LogP contribution in [0.3, 0.4) is 0 Å². The third kappa shape index (κ3) is 6.33.